The predicted octanol–water partition coefficient (Wildman–Crippen LogP) is 4.21. The van der Waals surface area contributed by atoms with Crippen LogP contribution in [0.3, 0.4) is 0 Å². The van der Waals surface area contributed by atoms with Crippen LogP contribution in [-0.2, 0) is 22.6 Å². The summed E-state index contributed by atoms with van der Waals surface area (Å²) in [5.41, 5.74) is 1.30. The van der Waals surface area contributed by atoms with E-state index in [1.54, 1.807) is 47.6 Å². The molecule has 3 amide bonds. The molecule has 1 saturated heterocycles. The molecule has 10 heteroatoms. The maximum atomic E-state index is 13.7. The summed E-state index contributed by atoms with van der Waals surface area (Å²) in [5, 5.41) is 2.92. The van der Waals surface area contributed by atoms with Crippen molar-refractivity contribution in [2.24, 2.45) is 0 Å². The third-order valence-corrected chi connectivity index (χ3v) is 6.40. The highest BCUT2D eigenvalue weighted by Gasteiger charge is 2.24. The topological polar surface area (TPSA) is 87.5 Å². The van der Waals surface area contributed by atoms with Crippen LogP contribution < -0.4 is 10.1 Å². The standard InChI is InChI=1S/C29H35FN4O5/c1-2-38-27-8-4-3-7-26(27)31-29(36)33(14-13-32-15-18-37-19-16-32)22-28(35)34(21-25-6-5-17-39-25)20-23-9-11-24(30)12-10-23/h3-12,17H,2,13-16,18-22H2,1H3,(H,31,36). The second-order valence-electron chi connectivity index (χ2n) is 9.19. The molecule has 3 aromatic rings. The molecular weight excluding hydrogens is 503 g/mol. The molecule has 0 atom stereocenters. The maximum Gasteiger partial charge on any atom is 0.322 e. The number of halogens is 1. The van der Waals surface area contributed by atoms with Gasteiger partial charge in [0.25, 0.3) is 0 Å². The fourth-order valence-corrected chi connectivity index (χ4v) is 4.28. The van der Waals surface area contributed by atoms with Crippen molar-refractivity contribution in [1.82, 2.24) is 14.7 Å². The largest absolute Gasteiger partial charge is 0.492 e. The maximum absolute atomic E-state index is 13.7. The van der Waals surface area contributed by atoms with E-state index in [4.69, 9.17) is 13.9 Å². The molecule has 39 heavy (non-hydrogen) atoms. The van der Waals surface area contributed by atoms with Crippen LogP contribution in [0.2, 0.25) is 0 Å². The van der Waals surface area contributed by atoms with Gasteiger partial charge in [0.2, 0.25) is 5.91 Å². The van der Waals surface area contributed by atoms with Crippen molar-refractivity contribution in [3.05, 3.63) is 84.1 Å². The first-order valence-corrected chi connectivity index (χ1v) is 13.1. The Balaban J connectivity index is 1.51. The zero-order valence-electron chi connectivity index (χ0n) is 22.2. The number of ether oxygens (including phenoxy) is 2. The Bertz CT molecular complexity index is 1180. The van der Waals surface area contributed by atoms with Crippen molar-refractivity contribution in [3.63, 3.8) is 0 Å². The summed E-state index contributed by atoms with van der Waals surface area (Å²) in [6.07, 6.45) is 1.55. The number of hydrogen-bond acceptors (Lipinski definition) is 6. The fraction of sp³-hybridized carbons (Fsp3) is 0.379. The summed E-state index contributed by atoms with van der Waals surface area (Å²) in [4.78, 5) is 32.5. The molecule has 2 heterocycles. The molecule has 1 N–H and O–H groups in total. The van der Waals surface area contributed by atoms with E-state index in [0.29, 0.717) is 50.1 Å². The number of para-hydroxylation sites is 2. The van der Waals surface area contributed by atoms with Gasteiger partial charge >= 0.3 is 6.03 Å². The van der Waals surface area contributed by atoms with Gasteiger partial charge in [0.15, 0.2) is 0 Å². The molecule has 1 aliphatic heterocycles. The van der Waals surface area contributed by atoms with Crippen LogP contribution >= 0.6 is 0 Å². The van der Waals surface area contributed by atoms with Crippen LogP contribution in [-0.4, -0.2) is 79.2 Å². The number of benzene rings is 2. The molecule has 1 aromatic heterocycles. The van der Waals surface area contributed by atoms with Gasteiger partial charge in [-0.3, -0.25) is 9.69 Å². The minimum absolute atomic E-state index is 0.144. The smallest absolute Gasteiger partial charge is 0.322 e. The molecule has 0 saturated carbocycles. The zero-order valence-corrected chi connectivity index (χ0v) is 22.2. The number of carbonyl (C=O) groups is 2. The second-order valence-corrected chi connectivity index (χ2v) is 9.19. The summed E-state index contributed by atoms with van der Waals surface area (Å²) in [6.45, 7) is 6.42. The minimum atomic E-state index is -0.400. The van der Waals surface area contributed by atoms with Gasteiger partial charge in [-0.15, -0.1) is 0 Å². The lowest BCUT2D eigenvalue weighted by molar-refractivity contribution is -0.133. The molecule has 0 unspecified atom stereocenters. The number of nitrogens with zero attached hydrogens (tertiary/aromatic N) is 3. The number of anilines is 1. The van der Waals surface area contributed by atoms with E-state index in [-0.39, 0.29) is 31.4 Å². The Hall–Kier alpha value is -3.89. The van der Waals surface area contributed by atoms with Gasteiger partial charge in [-0.1, -0.05) is 24.3 Å². The molecule has 208 valence electrons. The lowest BCUT2D eigenvalue weighted by Crippen LogP contribution is -2.48. The third kappa shape index (κ3) is 8.56. The van der Waals surface area contributed by atoms with Gasteiger partial charge < -0.3 is 29.0 Å². The van der Waals surface area contributed by atoms with E-state index in [1.165, 1.54) is 17.0 Å². The minimum Gasteiger partial charge on any atom is -0.492 e. The first kappa shape index (κ1) is 28.1. The van der Waals surface area contributed by atoms with Crippen LogP contribution in [0.25, 0.3) is 0 Å². The van der Waals surface area contributed by atoms with Crippen LogP contribution in [0, 0.1) is 5.82 Å². The first-order chi connectivity index (χ1) is 19.0. The van der Waals surface area contributed by atoms with Crippen molar-refractivity contribution < 1.29 is 27.9 Å². The van der Waals surface area contributed by atoms with Gasteiger partial charge in [-0.2, -0.15) is 0 Å². The molecule has 0 bridgehead atoms. The van der Waals surface area contributed by atoms with E-state index in [1.807, 2.05) is 19.1 Å². The Kier molecular flexibility index (Phi) is 10.3. The summed E-state index contributed by atoms with van der Waals surface area (Å²) in [7, 11) is 0. The Morgan fingerprint density at radius 2 is 1.77 bits per heavy atom. The SMILES string of the molecule is CCOc1ccccc1NC(=O)N(CCN1CCOCC1)CC(=O)N(Cc1ccc(F)cc1)Cc1ccco1. The van der Waals surface area contributed by atoms with Crippen LogP contribution in [0.5, 0.6) is 5.75 Å². The first-order valence-electron chi connectivity index (χ1n) is 13.1. The molecule has 2 aromatic carbocycles. The highest BCUT2D eigenvalue weighted by molar-refractivity contribution is 5.93. The van der Waals surface area contributed by atoms with Crippen molar-refractivity contribution in [3.8, 4) is 5.75 Å². The number of nitrogens with one attached hydrogen (secondary N) is 1. The Labute approximate surface area is 228 Å². The van der Waals surface area contributed by atoms with Crippen molar-refractivity contribution in [2.75, 3.05) is 57.9 Å². The van der Waals surface area contributed by atoms with Gasteiger partial charge in [0.1, 0.15) is 23.9 Å². The summed E-state index contributed by atoms with van der Waals surface area (Å²) in [5.74, 6) is 0.566. The third-order valence-electron chi connectivity index (χ3n) is 6.40. The van der Waals surface area contributed by atoms with Gasteiger partial charge in [0, 0.05) is 32.7 Å². The van der Waals surface area contributed by atoms with E-state index in [0.717, 1.165) is 18.7 Å². The van der Waals surface area contributed by atoms with Crippen molar-refractivity contribution >= 4 is 17.6 Å². The number of amides is 3. The molecule has 0 radical (unpaired) electrons. The quantitative estimate of drug-likeness (QED) is 0.372. The lowest BCUT2D eigenvalue weighted by atomic mass is 10.2. The molecule has 9 nitrogen and oxygen atoms in total. The average molecular weight is 539 g/mol. The zero-order chi connectivity index (χ0) is 27.5. The molecule has 0 spiro atoms. The highest BCUT2D eigenvalue weighted by atomic mass is 19.1. The lowest BCUT2D eigenvalue weighted by Gasteiger charge is -2.31. The highest BCUT2D eigenvalue weighted by Crippen LogP contribution is 2.24. The normalized spacial score (nSPS) is 13.6. The molecule has 0 aliphatic carbocycles. The fourth-order valence-electron chi connectivity index (χ4n) is 4.28. The molecule has 1 fully saturated rings. The summed E-state index contributed by atoms with van der Waals surface area (Å²) >= 11 is 0. The van der Waals surface area contributed by atoms with Gasteiger partial charge in [-0.05, 0) is 48.9 Å². The molecular formula is C29H35FN4O5. The monoisotopic (exact) mass is 538 g/mol. The number of furan rings is 1. The summed E-state index contributed by atoms with van der Waals surface area (Å²) in [6, 6.07) is 16.4. The van der Waals surface area contributed by atoms with E-state index < -0.39 is 6.03 Å². The van der Waals surface area contributed by atoms with Crippen LogP contribution in [0.15, 0.2) is 71.3 Å². The predicted molar refractivity (Wildman–Crippen MR) is 145 cm³/mol. The van der Waals surface area contributed by atoms with Crippen molar-refractivity contribution in [2.45, 2.75) is 20.0 Å². The van der Waals surface area contributed by atoms with E-state index >= 15 is 0 Å². The molecule has 4 rings (SSSR count). The number of urea groups is 1. The number of carbonyl (C=O) groups excluding carboxylic acids is 2. The average Bonchev–Trinajstić information content (AvgIpc) is 3.47. The number of hydrogen-bond donors (Lipinski definition) is 1. The van der Waals surface area contributed by atoms with Crippen molar-refractivity contribution in [1.29, 1.82) is 0 Å². The van der Waals surface area contributed by atoms with Crippen LogP contribution in [0.4, 0.5) is 14.9 Å². The van der Waals surface area contributed by atoms with E-state index in [2.05, 4.69) is 10.2 Å². The number of morpholine rings is 1. The molecule has 1 aliphatic rings. The number of rotatable bonds is 12. The van der Waals surface area contributed by atoms with Gasteiger partial charge in [0.05, 0.1) is 38.3 Å². The summed E-state index contributed by atoms with van der Waals surface area (Å²) < 4.78 is 30.1. The van der Waals surface area contributed by atoms with Crippen LogP contribution in [0.1, 0.15) is 18.2 Å². The van der Waals surface area contributed by atoms with E-state index in [9.17, 15) is 14.0 Å². The van der Waals surface area contributed by atoms with Gasteiger partial charge in [-0.25, -0.2) is 9.18 Å². The Morgan fingerprint density at radius 1 is 1.00 bits per heavy atom. The Morgan fingerprint density at radius 3 is 2.49 bits per heavy atom. The second kappa shape index (κ2) is 14.3.